The monoisotopic (exact) mass is 479 g/mol. The van der Waals surface area contributed by atoms with E-state index in [1.807, 2.05) is 6.92 Å². The van der Waals surface area contributed by atoms with Crippen LogP contribution in [0, 0.1) is 5.82 Å². The first kappa shape index (κ1) is 26.1. The van der Waals surface area contributed by atoms with Crippen LogP contribution in [0.5, 0.6) is 5.75 Å². The summed E-state index contributed by atoms with van der Waals surface area (Å²) in [5.41, 5.74) is 0.863. The first-order valence-corrected chi connectivity index (χ1v) is 12.3. The average Bonchev–Trinajstić information content (AvgIpc) is 2.79. The van der Waals surface area contributed by atoms with Gasteiger partial charge < -0.3 is 15.0 Å². The maximum Gasteiger partial charge on any atom is 0.244 e. The molecule has 0 aliphatic carbocycles. The molecule has 33 heavy (non-hydrogen) atoms. The van der Waals surface area contributed by atoms with E-state index < -0.39 is 34.3 Å². The number of amides is 2. The Labute approximate surface area is 194 Å². The maximum atomic E-state index is 13.4. The van der Waals surface area contributed by atoms with Gasteiger partial charge in [-0.15, -0.1) is 0 Å². The first-order valence-electron chi connectivity index (χ1n) is 10.5. The Morgan fingerprint density at radius 1 is 1.15 bits per heavy atom. The Kier molecular flexibility index (Phi) is 9.22. The smallest absolute Gasteiger partial charge is 0.244 e. The molecule has 1 N–H and O–H groups in total. The third kappa shape index (κ3) is 7.45. The molecule has 0 saturated carbocycles. The van der Waals surface area contributed by atoms with Crippen LogP contribution in [0.4, 0.5) is 10.1 Å². The lowest BCUT2D eigenvalue weighted by Gasteiger charge is -2.31. The Balaban J connectivity index is 2.37. The van der Waals surface area contributed by atoms with Gasteiger partial charge in [0.1, 0.15) is 24.2 Å². The van der Waals surface area contributed by atoms with Crippen molar-refractivity contribution < 1.29 is 27.1 Å². The number of hydrogen-bond donors (Lipinski definition) is 1. The van der Waals surface area contributed by atoms with E-state index in [0.717, 1.165) is 29.1 Å². The van der Waals surface area contributed by atoms with Gasteiger partial charge in [0.05, 0.1) is 19.1 Å². The fourth-order valence-corrected chi connectivity index (χ4v) is 4.02. The van der Waals surface area contributed by atoms with Crippen molar-refractivity contribution in [2.24, 2.45) is 0 Å². The van der Waals surface area contributed by atoms with Crippen molar-refractivity contribution in [2.75, 3.05) is 30.8 Å². The molecule has 2 amide bonds. The predicted octanol–water partition coefficient (Wildman–Crippen LogP) is 2.54. The van der Waals surface area contributed by atoms with E-state index in [1.165, 1.54) is 24.1 Å². The van der Waals surface area contributed by atoms with Crippen LogP contribution in [-0.4, -0.2) is 57.6 Å². The topological polar surface area (TPSA) is 96.0 Å². The zero-order valence-electron chi connectivity index (χ0n) is 19.2. The maximum absolute atomic E-state index is 13.4. The van der Waals surface area contributed by atoms with E-state index in [1.54, 1.807) is 31.2 Å². The summed E-state index contributed by atoms with van der Waals surface area (Å²) in [5, 5.41) is 2.77. The lowest BCUT2D eigenvalue weighted by molar-refractivity contribution is -0.139. The number of carbonyl (C=O) groups is 2. The molecule has 0 fully saturated rings. The standard InChI is InChI=1S/C23H30FN3O5S/c1-5-13-25-23(29)17(2)26(15-18-7-6-8-21(14-18)32-3)22(28)16-27(33(4,30)31)20-11-9-19(24)10-12-20/h6-12,14,17H,5,13,15-16H2,1-4H3,(H,25,29)/t17-/m1/s1. The van der Waals surface area contributed by atoms with E-state index in [4.69, 9.17) is 4.74 Å². The predicted molar refractivity (Wildman–Crippen MR) is 125 cm³/mol. The number of rotatable bonds is 11. The number of halogens is 1. The minimum atomic E-state index is -3.86. The molecule has 0 aromatic heterocycles. The zero-order chi connectivity index (χ0) is 24.6. The first-order chi connectivity index (χ1) is 15.6. The SMILES string of the molecule is CCCNC(=O)[C@@H](C)N(Cc1cccc(OC)c1)C(=O)CN(c1ccc(F)cc1)S(C)(=O)=O. The van der Waals surface area contributed by atoms with Gasteiger partial charge in [0.15, 0.2) is 0 Å². The van der Waals surface area contributed by atoms with Crippen molar-refractivity contribution >= 4 is 27.5 Å². The quantitative estimate of drug-likeness (QED) is 0.534. The number of hydrogen-bond acceptors (Lipinski definition) is 5. The number of nitrogens with one attached hydrogen (secondary N) is 1. The van der Waals surface area contributed by atoms with Crippen LogP contribution in [0.3, 0.4) is 0 Å². The number of sulfonamides is 1. The van der Waals surface area contributed by atoms with E-state index in [0.29, 0.717) is 17.9 Å². The zero-order valence-corrected chi connectivity index (χ0v) is 20.1. The number of ether oxygens (including phenoxy) is 1. The molecular weight excluding hydrogens is 449 g/mol. The van der Waals surface area contributed by atoms with Gasteiger partial charge in [-0.1, -0.05) is 19.1 Å². The summed E-state index contributed by atoms with van der Waals surface area (Å²) in [6, 6.07) is 11.0. The molecule has 2 aromatic carbocycles. The van der Waals surface area contributed by atoms with Gasteiger partial charge in [-0.25, -0.2) is 12.8 Å². The molecule has 1 atom stereocenters. The molecule has 180 valence electrons. The molecule has 2 aromatic rings. The molecule has 10 heteroatoms. The molecule has 0 unspecified atom stereocenters. The third-order valence-corrected chi connectivity index (χ3v) is 6.14. The average molecular weight is 480 g/mol. The molecule has 0 bridgehead atoms. The normalized spacial score (nSPS) is 12.0. The number of anilines is 1. The Morgan fingerprint density at radius 3 is 2.39 bits per heavy atom. The Hall–Kier alpha value is -3.14. The lowest BCUT2D eigenvalue weighted by Crippen LogP contribution is -2.51. The van der Waals surface area contributed by atoms with Crippen molar-refractivity contribution in [3.8, 4) is 5.75 Å². The van der Waals surface area contributed by atoms with Crippen molar-refractivity contribution in [3.63, 3.8) is 0 Å². The van der Waals surface area contributed by atoms with Crippen LogP contribution in [0.25, 0.3) is 0 Å². The molecule has 8 nitrogen and oxygen atoms in total. The molecule has 2 rings (SSSR count). The van der Waals surface area contributed by atoms with Crippen LogP contribution in [-0.2, 0) is 26.2 Å². The summed E-state index contributed by atoms with van der Waals surface area (Å²) >= 11 is 0. The molecular formula is C23H30FN3O5S. The number of carbonyl (C=O) groups excluding carboxylic acids is 2. The minimum Gasteiger partial charge on any atom is -0.497 e. The lowest BCUT2D eigenvalue weighted by atomic mass is 10.1. The molecule has 0 aliphatic heterocycles. The second kappa shape index (κ2) is 11.6. The fraction of sp³-hybridized carbons (Fsp3) is 0.391. The highest BCUT2D eigenvalue weighted by atomic mass is 32.2. The highest BCUT2D eigenvalue weighted by molar-refractivity contribution is 7.92. The Morgan fingerprint density at radius 2 is 1.82 bits per heavy atom. The number of benzene rings is 2. The van der Waals surface area contributed by atoms with Crippen molar-refractivity contribution in [2.45, 2.75) is 32.9 Å². The second-order valence-electron chi connectivity index (χ2n) is 7.59. The minimum absolute atomic E-state index is 0.0672. The highest BCUT2D eigenvalue weighted by Crippen LogP contribution is 2.20. The van der Waals surface area contributed by atoms with E-state index in [2.05, 4.69) is 5.32 Å². The van der Waals surface area contributed by atoms with Gasteiger partial charge >= 0.3 is 0 Å². The Bertz CT molecular complexity index is 1060. The van der Waals surface area contributed by atoms with Gasteiger partial charge in [-0.05, 0) is 55.3 Å². The molecule has 0 heterocycles. The van der Waals surface area contributed by atoms with E-state index in [-0.39, 0.29) is 18.1 Å². The number of nitrogens with zero attached hydrogens (tertiary/aromatic N) is 2. The highest BCUT2D eigenvalue weighted by Gasteiger charge is 2.30. The molecule has 0 aliphatic rings. The van der Waals surface area contributed by atoms with Gasteiger partial charge in [-0.3, -0.25) is 13.9 Å². The third-order valence-electron chi connectivity index (χ3n) is 5.00. The van der Waals surface area contributed by atoms with Crippen LogP contribution in [0.2, 0.25) is 0 Å². The summed E-state index contributed by atoms with van der Waals surface area (Å²) in [6.07, 6.45) is 1.70. The molecule has 0 spiro atoms. The van der Waals surface area contributed by atoms with Crippen LogP contribution < -0.4 is 14.4 Å². The van der Waals surface area contributed by atoms with Crippen molar-refractivity contribution in [1.82, 2.24) is 10.2 Å². The fourth-order valence-electron chi connectivity index (χ4n) is 3.17. The van der Waals surface area contributed by atoms with Gasteiger partial charge in [0.2, 0.25) is 21.8 Å². The summed E-state index contributed by atoms with van der Waals surface area (Å²) in [6.45, 7) is 3.48. The van der Waals surface area contributed by atoms with Crippen LogP contribution >= 0.6 is 0 Å². The summed E-state index contributed by atoms with van der Waals surface area (Å²) in [7, 11) is -2.34. The van der Waals surface area contributed by atoms with Crippen LogP contribution in [0.1, 0.15) is 25.8 Å². The van der Waals surface area contributed by atoms with Crippen LogP contribution in [0.15, 0.2) is 48.5 Å². The van der Waals surface area contributed by atoms with Crippen molar-refractivity contribution in [1.29, 1.82) is 0 Å². The van der Waals surface area contributed by atoms with Crippen molar-refractivity contribution in [3.05, 3.63) is 59.9 Å². The van der Waals surface area contributed by atoms with Gasteiger partial charge in [0.25, 0.3) is 0 Å². The van der Waals surface area contributed by atoms with E-state index >= 15 is 0 Å². The summed E-state index contributed by atoms with van der Waals surface area (Å²) in [4.78, 5) is 27.3. The molecule has 0 saturated heterocycles. The largest absolute Gasteiger partial charge is 0.497 e. The number of methoxy groups -OCH3 is 1. The summed E-state index contributed by atoms with van der Waals surface area (Å²) < 4.78 is 44.3. The second-order valence-corrected chi connectivity index (χ2v) is 9.49. The van der Waals surface area contributed by atoms with Gasteiger partial charge in [0, 0.05) is 13.1 Å². The van der Waals surface area contributed by atoms with E-state index in [9.17, 15) is 22.4 Å². The van der Waals surface area contributed by atoms with Gasteiger partial charge in [-0.2, -0.15) is 0 Å². The molecule has 0 radical (unpaired) electrons. The summed E-state index contributed by atoms with van der Waals surface area (Å²) in [5.74, 6) is -0.862.